The highest BCUT2D eigenvalue weighted by molar-refractivity contribution is 8.14. The summed E-state index contributed by atoms with van der Waals surface area (Å²) in [7, 11) is 2.03. The maximum atomic E-state index is 4.55. The fraction of sp³-hybridized carbons (Fsp3) is 0.900. The Morgan fingerprint density at radius 2 is 1.79 bits per heavy atom. The van der Waals surface area contributed by atoms with Gasteiger partial charge in [0.15, 0.2) is 5.17 Å². The van der Waals surface area contributed by atoms with Gasteiger partial charge < -0.3 is 4.90 Å². The second-order valence-electron chi connectivity index (χ2n) is 4.27. The number of hydrogen-bond acceptors (Lipinski definition) is 4. The number of hydrogen-bond donors (Lipinski definition) is 0. The predicted octanol–water partition coefficient (Wildman–Crippen LogP) is 2.40. The van der Waals surface area contributed by atoms with Crippen LogP contribution < -0.4 is 0 Å². The molecule has 0 fully saturated rings. The number of thioether (sulfide) groups is 1. The van der Waals surface area contributed by atoms with E-state index in [1.165, 1.54) is 0 Å². The van der Waals surface area contributed by atoms with Crippen LogP contribution in [0.15, 0.2) is 5.10 Å². The fourth-order valence-corrected chi connectivity index (χ4v) is 2.84. The van der Waals surface area contributed by atoms with Crippen molar-refractivity contribution >= 4 is 16.9 Å². The minimum atomic E-state index is 0.463. The topological polar surface area (TPSA) is 18.8 Å². The Kier molecular flexibility index (Phi) is 3.70. The van der Waals surface area contributed by atoms with Crippen LogP contribution in [0.4, 0.5) is 0 Å². The summed E-state index contributed by atoms with van der Waals surface area (Å²) in [6.07, 6.45) is 0. The molecule has 1 aliphatic heterocycles. The van der Waals surface area contributed by atoms with Gasteiger partial charge in [-0.25, -0.2) is 0 Å². The highest BCUT2D eigenvalue weighted by Gasteiger charge is 2.27. The van der Waals surface area contributed by atoms with E-state index in [-0.39, 0.29) is 0 Å². The molecule has 0 aromatic rings. The van der Waals surface area contributed by atoms with Gasteiger partial charge in [-0.05, 0) is 34.6 Å². The quantitative estimate of drug-likeness (QED) is 0.705. The normalized spacial score (nSPS) is 22.1. The van der Waals surface area contributed by atoms with Gasteiger partial charge >= 0.3 is 0 Å². The molecule has 3 nitrogen and oxygen atoms in total. The van der Waals surface area contributed by atoms with Crippen LogP contribution in [-0.2, 0) is 0 Å². The third-order valence-electron chi connectivity index (χ3n) is 2.38. The van der Waals surface area contributed by atoms with Crippen molar-refractivity contribution in [3.63, 3.8) is 0 Å². The van der Waals surface area contributed by atoms with Crippen molar-refractivity contribution < 1.29 is 0 Å². The van der Waals surface area contributed by atoms with Crippen molar-refractivity contribution in [1.82, 2.24) is 9.91 Å². The summed E-state index contributed by atoms with van der Waals surface area (Å²) in [6, 6.07) is 1.03. The molecule has 1 rings (SSSR count). The van der Waals surface area contributed by atoms with Gasteiger partial charge in [-0.2, -0.15) is 5.10 Å². The number of hydrazone groups is 1. The molecule has 0 N–H and O–H groups in total. The van der Waals surface area contributed by atoms with Crippen molar-refractivity contribution in [3.05, 3.63) is 0 Å². The van der Waals surface area contributed by atoms with Crippen LogP contribution in [0, 0.1) is 0 Å². The van der Waals surface area contributed by atoms with Gasteiger partial charge in [-0.1, -0.05) is 11.8 Å². The zero-order valence-electron chi connectivity index (χ0n) is 9.98. The molecule has 82 valence electrons. The molecule has 14 heavy (non-hydrogen) atoms. The maximum absolute atomic E-state index is 4.55. The van der Waals surface area contributed by atoms with Crippen LogP contribution in [0.25, 0.3) is 0 Å². The summed E-state index contributed by atoms with van der Waals surface area (Å²) in [4.78, 5) is 2.37. The van der Waals surface area contributed by atoms with Gasteiger partial charge in [-0.15, -0.1) is 0 Å². The summed E-state index contributed by atoms with van der Waals surface area (Å²) in [6.45, 7) is 11.0. The molecule has 1 heterocycles. The van der Waals surface area contributed by atoms with Crippen LogP contribution in [0.5, 0.6) is 0 Å². The lowest BCUT2D eigenvalue weighted by atomic mass is 10.2. The van der Waals surface area contributed by atoms with Crippen molar-refractivity contribution in [2.45, 2.75) is 52.1 Å². The molecule has 0 amide bonds. The predicted molar refractivity (Wildman–Crippen MR) is 64.4 cm³/mol. The summed E-state index contributed by atoms with van der Waals surface area (Å²) in [5.74, 6) is 0. The van der Waals surface area contributed by atoms with Gasteiger partial charge in [0, 0.05) is 19.1 Å². The molecule has 1 atom stereocenters. The molecular weight excluding hydrogens is 194 g/mol. The number of nitrogens with zero attached hydrogens (tertiary/aromatic N) is 3. The Balaban J connectivity index is 2.76. The Morgan fingerprint density at radius 3 is 2.07 bits per heavy atom. The van der Waals surface area contributed by atoms with Crippen molar-refractivity contribution in [2.24, 2.45) is 5.10 Å². The SMILES string of the molecule is CC1SC(N(C(C)C)C(C)C)=NN1C. The van der Waals surface area contributed by atoms with Crippen molar-refractivity contribution in [3.8, 4) is 0 Å². The van der Waals surface area contributed by atoms with Gasteiger partial charge in [-0.3, -0.25) is 5.01 Å². The second kappa shape index (κ2) is 4.43. The molecule has 1 aliphatic rings. The first-order valence-corrected chi connectivity index (χ1v) is 6.08. The average Bonchev–Trinajstić information content (AvgIpc) is 2.29. The summed E-state index contributed by atoms with van der Waals surface area (Å²) in [5, 5.41) is 8.20. The molecule has 0 aromatic heterocycles. The van der Waals surface area contributed by atoms with Crippen LogP contribution in [0.2, 0.25) is 0 Å². The van der Waals surface area contributed by atoms with Crippen molar-refractivity contribution in [2.75, 3.05) is 7.05 Å². The van der Waals surface area contributed by atoms with E-state index in [4.69, 9.17) is 0 Å². The molecule has 0 saturated carbocycles. The van der Waals surface area contributed by atoms with Crippen molar-refractivity contribution in [1.29, 1.82) is 0 Å². The van der Waals surface area contributed by atoms with Gasteiger partial charge in [0.25, 0.3) is 0 Å². The van der Waals surface area contributed by atoms with Crippen LogP contribution >= 0.6 is 11.8 Å². The number of amidine groups is 1. The molecule has 1 unspecified atom stereocenters. The lowest BCUT2D eigenvalue weighted by Gasteiger charge is -2.31. The molecule has 0 bridgehead atoms. The maximum Gasteiger partial charge on any atom is 0.185 e. The van der Waals surface area contributed by atoms with E-state index in [1.807, 2.05) is 23.8 Å². The average molecular weight is 215 g/mol. The number of rotatable bonds is 2. The van der Waals surface area contributed by atoms with Gasteiger partial charge in [0.2, 0.25) is 0 Å². The molecule has 0 aromatic carbocycles. The Bertz CT molecular complexity index is 217. The Labute approximate surface area is 91.5 Å². The smallest absolute Gasteiger partial charge is 0.185 e. The fourth-order valence-electron chi connectivity index (χ4n) is 1.62. The summed E-state index contributed by atoms with van der Waals surface area (Å²) >= 11 is 1.84. The van der Waals surface area contributed by atoms with E-state index >= 15 is 0 Å². The molecule has 0 saturated heterocycles. The molecule has 0 spiro atoms. The van der Waals surface area contributed by atoms with Gasteiger partial charge in [0.1, 0.15) is 0 Å². The minimum absolute atomic E-state index is 0.463. The third-order valence-corrected chi connectivity index (χ3v) is 3.53. The zero-order valence-corrected chi connectivity index (χ0v) is 10.8. The van der Waals surface area contributed by atoms with Crippen LogP contribution in [0.1, 0.15) is 34.6 Å². The minimum Gasteiger partial charge on any atom is -0.345 e. The largest absolute Gasteiger partial charge is 0.345 e. The standard InChI is InChI=1S/C10H21N3S/c1-7(2)13(8(3)4)10-11-12(6)9(5)14-10/h7-9H,1-6H3. The molecule has 4 heteroatoms. The first-order chi connectivity index (χ1) is 6.43. The van der Waals surface area contributed by atoms with E-state index in [9.17, 15) is 0 Å². The van der Waals surface area contributed by atoms with Crippen LogP contribution in [-0.4, -0.2) is 39.6 Å². The molecule has 0 aliphatic carbocycles. The first kappa shape index (κ1) is 11.7. The van der Waals surface area contributed by atoms with E-state index in [1.54, 1.807) is 0 Å². The van der Waals surface area contributed by atoms with E-state index < -0.39 is 0 Å². The van der Waals surface area contributed by atoms with Gasteiger partial charge in [0.05, 0.1) is 5.37 Å². The Hall–Kier alpha value is -0.380. The molecular formula is C10H21N3S. The second-order valence-corrected chi connectivity index (χ2v) is 5.55. The first-order valence-electron chi connectivity index (χ1n) is 5.20. The third kappa shape index (κ3) is 2.35. The highest BCUT2D eigenvalue weighted by Crippen LogP contribution is 2.27. The lowest BCUT2D eigenvalue weighted by molar-refractivity contribution is 0.287. The zero-order chi connectivity index (χ0) is 10.9. The monoisotopic (exact) mass is 215 g/mol. The van der Waals surface area contributed by atoms with E-state index in [0.717, 1.165) is 5.17 Å². The van der Waals surface area contributed by atoms with Crippen LogP contribution in [0.3, 0.4) is 0 Å². The van der Waals surface area contributed by atoms with E-state index in [2.05, 4.69) is 44.6 Å². The summed E-state index contributed by atoms with van der Waals surface area (Å²) in [5.41, 5.74) is 0. The van der Waals surface area contributed by atoms with E-state index in [0.29, 0.717) is 17.5 Å². The summed E-state index contributed by atoms with van der Waals surface area (Å²) < 4.78 is 0. The lowest BCUT2D eigenvalue weighted by Crippen LogP contribution is -2.40. The highest BCUT2D eigenvalue weighted by atomic mass is 32.2. The Morgan fingerprint density at radius 1 is 1.29 bits per heavy atom. The molecule has 0 radical (unpaired) electrons.